The molecule has 146 valence electrons. The lowest BCUT2D eigenvalue weighted by molar-refractivity contribution is -0.139. The van der Waals surface area contributed by atoms with Gasteiger partial charge in [-0.1, -0.05) is 48.5 Å². The quantitative estimate of drug-likeness (QED) is 0.825. The molecule has 2 saturated heterocycles. The summed E-state index contributed by atoms with van der Waals surface area (Å²) < 4.78 is 5.40. The molecule has 2 heterocycles. The highest BCUT2D eigenvalue weighted by molar-refractivity contribution is 5.96. The number of hydrogen-bond acceptors (Lipinski definition) is 3. The smallest absolute Gasteiger partial charge is 0.254 e. The van der Waals surface area contributed by atoms with E-state index >= 15 is 0 Å². The number of carbonyl (C=O) groups excluding carboxylic acids is 2. The number of carbonyl (C=O) groups is 2. The van der Waals surface area contributed by atoms with Crippen molar-refractivity contribution >= 4 is 11.8 Å². The molecule has 2 amide bonds. The van der Waals surface area contributed by atoms with Gasteiger partial charge in [0.05, 0.1) is 19.1 Å². The molecule has 2 aromatic carbocycles. The molecule has 0 spiro atoms. The summed E-state index contributed by atoms with van der Waals surface area (Å²) in [5.74, 6) is -0.0495. The molecule has 5 nitrogen and oxygen atoms in total. The third-order valence-electron chi connectivity index (χ3n) is 5.85. The topological polar surface area (TPSA) is 49.9 Å². The van der Waals surface area contributed by atoms with Crippen LogP contribution in [0.5, 0.6) is 0 Å². The fraction of sp³-hybridized carbons (Fsp3) is 0.391. The van der Waals surface area contributed by atoms with Crippen LogP contribution >= 0.6 is 0 Å². The van der Waals surface area contributed by atoms with E-state index in [0.29, 0.717) is 45.0 Å². The lowest BCUT2D eigenvalue weighted by Crippen LogP contribution is -2.45. The molecule has 0 N–H and O–H groups in total. The second-order valence-electron chi connectivity index (χ2n) is 7.59. The van der Waals surface area contributed by atoms with E-state index in [1.165, 1.54) is 0 Å². The van der Waals surface area contributed by atoms with E-state index in [4.69, 9.17) is 4.74 Å². The van der Waals surface area contributed by atoms with Crippen LogP contribution < -0.4 is 0 Å². The van der Waals surface area contributed by atoms with Crippen LogP contribution in [0.4, 0.5) is 0 Å². The van der Waals surface area contributed by atoms with Gasteiger partial charge < -0.3 is 14.5 Å². The van der Waals surface area contributed by atoms with Crippen LogP contribution in [0, 0.1) is 12.8 Å². The maximum Gasteiger partial charge on any atom is 0.254 e. The molecule has 0 saturated carbocycles. The van der Waals surface area contributed by atoms with Crippen molar-refractivity contribution in [1.82, 2.24) is 9.80 Å². The number of benzene rings is 2. The summed E-state index contributed by atoms with van der Waals surface area (Å²) >= 11 is 0. The maximum atomic E-state index is 13.3. The van der Waals surface area contributed by atoms with E-state index < -0.39 is 0 Å². The van der Waals surface area contributed by atoms with Gasteiger partial charge in [0.2, 0.25) is 5.91 Å². The average Bonchev–Trinajstić information content (AvgIpc) is 3.20. The molecule has 28 heavy (non-hydrogen) atoms. The number of amides is 2. The first-order valence-corrected chi connectivity index (χ1v) is 9.91. The summed E-state index contributed by atoms with van der Waals surface area (Å²) in [6.45, 7) is 5.40. The average molecular weight is 378 g/mol. The highest BCUT2D eigenvalue weighted by Gasteiger charge is 2.42. The van der Waals surface area contributed by atoms with Gasteiger partial charge >= 0.3 is 0 Å². The SMILES string of the molecule is Cc1ccccc1C(=O)N1C[C@H](c2ccccc2)[C@H](C(=O)N2CCOCC2)C1. The Morgan fingerprint density at radius 3 is 2.29 bits per heavy atom. The first-order valence-electron chi connectivity index (χ1n) is 9.91. The second kappa shape index (κ2) is 8.15. The third-order valence-corrected chi connectivity index (χ3v) is 5.85. The van der Waals surface area contributed by atoms with Crippen LogP contribution in [0.15, 0.2) is 54.6 Å². The normalized spacial score (nSPS) is 22.3. The Morgan fingerprint density at radius 2 is 1.57 bits per heavy atom. The van der Waals surface area contributed by atoms with E-state index in [1.807, 2.05) is 59.2 Å². The molecule has 2 aromatic rings. The molecule has 2 atom stereocenters. The zero-order valence-corrected chi connectivity index (χ0v) is 16.2. The van der Waals surface area contributed by atoms with Crippen molar-refractivity contribution < 1.29 is 14.3 Å². The number of morpholine rings is 1. The van der Waals surface area contributed by atoms with E-state index in [0.717, 1.165) is 11.1 Å². The Kier molecular flexibility index (Phi) is 5.44. The summed E-state index contributed by atoms with van der Waals surface area (Å²) in [4.78, 5) is 30.2. The van der Waals surface area contributed by atoms with Crippen LogP contribution in [-0.4, -0.2) is 61.0 Å². The van der Waals surface area contributed by atoms with Crippen LogP contribution in [-0.2, 0) is 9.53 Å². The fourth-order valence-corrected chi connectivity index (χ4v) is 4.26. The van der Waals surface area contributed by atoms with Crippen LogP contribution in [0.3, 0.4) is 0 Å². The van der Waals surface area contributed by atoms with Gasteiger partial charge in [0.15, 0.2) is 0 Å². The predicted molar refractivity (Wildman–Crippen MR) is 107 cm³/mol. The molecule has 2 aliphatic rings. The van der Waals surface area contributed by atoms with E-state index in [2.05, 4.69) is 12.1 Å². The van der Waals surface area contributed by atoms with Crippen molar-refractivity contribution in [3.8, 4) is 0 Å². The third kappa shape index (κ3) is 3.67. The van der Waals surface area contributed by atoms with Crippen molar-refractivity contribution in [2.75, 3.05) is 39.4 Å². The Morgan fingerprint density at radius 1 is 0.893 bits per heavy atom. The molecular weight excluding hydrogens is 352 g/mol. The number of nitrogens with zero attached hydrogens (tertiary/aromatic N) is 2. The molecule has 5 heteroatoms. The molecule has 0 bridgehead atoms. The van der Waals surface area contributed by atoms with Gasteiger partial charge in [-0.05, 0) is 24.1 Å². The van der Waals surface area contributed by atoms with Crippen molar-refractivity contribution in [2.24, 2.45) is 5.92 Å². The standard InChI is InChI=1S/C23H26N2O3/c1-17-7-5-6-10-19(17)22(26)25-15-20(18-8-3-2-4-9-18)21(16-25)23(27)24-11-13-28-14-12-24/h2-10,20-21H,11-16H2,1H3/t20-,21-/m1/s1. The Bertz CT molecular complexity index is 846. The Labute approximate surface area is 165 Å². The summed E-state index contributed by atoms with van der Waals surface area (Å²) in [7, 11) is 0. The predicted octanol–water partition coefficient (Wildman–Crippen LogP) is 2.71. The molecule has 2 fully saturated rings. The lowest BCUT2D eigenvalue weighted by atomic mass is 9.88. The van der Waals surface area contributed by atoms with Crippen LogP contribution in [0.2, 0.25) is 0 Å². The number of aryl methyl sites for hydroxylation is 1. The largest absolute Gasteiger partial charge is 0.378 e. The van der Waals surface area contributed by atoms with Crippen molar-refractivity contribution in [3.63, 3.8) is 0 Å². The molecule has 0 radical (unpaired) electrons. The molecule has 0 aromatic heterocycles. The maximum absolute atomic E-state index is 13.3. The van der Waals surface area contributed by atoms with Gasteiger partial charge in [0, 0.05) is 37.7 Å². The van der Waals surface area contributed by atoms with Gasteiger partial charge in [0.25, 0.3) is 5.91 Å². The number of ether oxygens (including phenoxy) is 1. The Balaban J connectivity index is 1.60. The minimum atomic E-state index is -0.214. The number of rotatable bonds is 3. The van der Waals surface area contributed by atoms with Gasteiger partial charge in [-0.15, -0.1) is 0 Å². The molecule has 2 aliphatic heterocycles. The van der Waals surface area contributed by atoms with Crippen molar-refractivity contribution in [2.45, 2.75) is 12.8 Å². The van der Waals surface area contributed by atoms with Crippen LogP contribution in [0.25, 0.3) is 0 Å². The number of hydrogen-bond donors (Lipinski definition) is 0. The molecular formula is C23H26N2O3. The summed E-state index contributed by atoms with van der Waals surface area (Å²) in [6.07, 6.45) is 0. The van der Waals surface area contributed by atoms with Gasteiger partial charge in [-0.3, -0.25) is 9.59 Å². The van der Waals surface area contributed by atoms with Gasteiger partial charge in [-0.2, -0.15) is 0 Å². The first kappa shape index (κ1) is 18.7. The van der Waals surface area contributed by atoms with Gasteiger partial charge in [-0.25, -0.2) is 0 Å². The minimum Gasteiger partial charge on any atom is -0.378 e. The second-order valence-corrected chi connectivity index (χ2v) is 7.59. The van der Waals surface area contributed by atoms with E-state index in [9.17, 15) is 9.59 Å². The fourth-order valence-electron chi connectivity index (χ4n) is 4.26. The summed E-state index contributed by atoms with van der Waals surface area (Å²) in [6, 6.07) is 17.7. The first-order chi connectivity index (χ1) is 13.6. The lowest BCUT2D eigenvalue weighted by Gasteiger charge is -2.30. The summed E-state index contributed by atoms with van der Waals surface area (Å²) in [5.41, 5.74) is 2.80. The van der Waals surface area contributed by atoms with Crippen molar-refractivity contribution in [3.05, 3.63) is 71.3 Å². The molecule has 4 rings (SSSR count). The Hall–Kier alpha value is -2.66. The molecule has 0 unspecified atom stereocenters. The number of likely N-dealkylation sites (tertiary alicyclic amines) is 1. The van der Waals surface area contributed by atoms with Crippen molar-refractivity contribution in [1.29, 1.82) is 0 Å². The highest BCUT2D eigenvalue weighted by atomic mass is 16.5. The zero-order valence-electron chi connectivity index (χ0n) is 16.2. The monoisotopic (exact) mass is 378 g/mol. The minimum absolute atomic E-state index is 0.0105. The summed E-state index contributed by atoms with van der Waals surface area (Å²) in [5, 5.41) is 0. The zero-order chi connectivity index (χ0) is 19.5. The van der Waals surface area contributed by atoms with Crippen LogP contribution in [0.1, 0.15) is 27.4 Å². The van der Waals surface area contributed by atoms with Gasteiger partial charge in [0.1, 0.15) is 0 Å². The molecule has 0 aliphatic carbocycles. The van der Waals surface area contributed by atoms with E-state index in [-0.39, 0.29) is 23.7 Å². The highest BCUT2D eigenvalue weighted by Crippen LogP contribution is 2.35. The van der Waals surface area contributed by atoms with E-state index in [1.54, 1.807) is 0 Å².